The summed E-state index contributed by atoms with van der Waals surface area (Å²) >= 11 is 1.60. The quantitative estimate of drug-likeness (QED) is 0.733. The Bertz CT molecular complexity index is 735. The van der Waals surface area contributed by atoms with E-state index in [1.807, 2.05) is 30.3 Å². The van der Waals surface area contributed by atoms with Crippen molar-refractivity contribution in [2.45, 2.75) is 42.8 Å². The van der Waals surface area contributed by atoms with Crippen LogP contribution in [0.15, 0.2) is 47.9 Å². The van der Waals surface area contributed by atoms with Gasteiger partial charge in [-0.3, -0.25) is 9.69 Å². The molecule has 1 aliphatic heterocycles. The Balaban J connectivity index is 1.28. The number of rotatable bonds is 6. The van der Waals surface area contributed by atoms with E-state index >= 15 is 0 Å². The topological polar surface area (TPSA) is 41.4 Å². The monoisotopic (exact) mass is 370 g/mol. The molecule has 2 heterocycles. The summed E-state index contributed by atoms with van der Waals surface area (Å²) in [6.07, 6.45) is 6.35. The van der Waals surface area contributed by atoms with Crippen molar-refractivity contribution < 1.29 is 4.79 Å². The lowest BCUT2D eigenvalue weighted by Gasteiger charge is -2.35. The van der Waals surface area contributed by atoms with Crippen molar-refractivity contribution in [1.29, 1.82) is 0 Å². The normalized spacial score (nSPS) is 19.5. The third-order valence-electron chi connectivity index (χ3n) is 5.14. The van der Waals surface area contributed by atoms with Gasteiger partial charge in [-0.2, -0.15) is 0 Å². The molecule has 1 aromatic carbocycles. The predicted molar refractivity (Wildman–Crippen MR) is 104 cm³/mol. The zero-order chi connectivity index (χ0) is 17.9. The van der Waals surface area contributed by atoms with Gasteiger partial charge in [-0.25, -0.2) is 4.98 Å². The van der Waals surface area contributed by atoms with Gasteiger partial charge < -0.3 is 9.47 Å². The Morgan fingerprint density at radius 1 is 1.19 bits per heavy atom. The highest BCUT2D eigenvalue weighted by Crippen LogP contribution is 2.38. The summed E-state index contributed by atoms with van der Waals surface area (Å²) < 4.78 is 2.23. The molecule has 1 saturated carbocycles. The third-order valence-corrected chi connectivity index (χ3v) is 6.22. The third kappa shape index (κ3) is 4.13. The molecule has 1 aliphatic carbocycles. The van der Waals surface area contributed by atoms with E-state index in [1.54, 1.807) is 11.8 Å². The predicted octanol–water partition coefficient (Wildman–Crippen LogP) is 3.04. The molecule has 1 unspecified atom stereocenters. The fourth-order valence-corrected chi connectivity index (χ4v) is 4.47. The average molecular weight is 371 g/mol. The highest BCUT2D eigenvalue weighted by molar-refractivity contribution is 8.00. The van der Waals surface area contributed by atoms with Crippen LogP contribution in [0.1, 0.15) is 31.4 Å². The Labute approximate surface area is 159 Å². The fourth-order valence-electron chi connectivity index (χ4n) is 3.45. The second kappa shape index (κ2) is 7.84. The molecule has 0 N–H and O–H groups in total. The van der Waals surface area contributed by atoms with E-state index in [4.69, 9.17) is 0 Å². The number of piperazine rings is 1. The van der Waals surface area contributed by atoms with Crippen LogP contribution in [0.25, 0.3) is 0 Å². The minimum absolute atomic E-state index is 0.0874. The van der Waals surface area contributed by atoms with Crippen LogP contribution < -0.4 is 0 Å². The molecule has 6 heteroatoms. The molecule has 2 fully saturated rings. The van der Waals surface area contributed by atoms with Crippen LogP contribution in [0.3, 0.4) is 0 Å². The fraction of sp³-hybridized carbons (Fsp3) is 0.500. The molecule has 0 bridgehead atoms. The van der Waals surface area contributed by atoms with Gasteiger partial charge in [0.2, 0.25) is 5.91 Å². The number of carbonyl (C=O) groups is 1. The van der Waals surface area contributed by atoms with Crippen molar-refractivity contribution in [3.8, 4) is 0 Å². The Kier molecular flexibility index (Phi) is 5.31. The van der Waals surface area contributed by atoms with Gasteiger partial charge in [0.05, 0.1) is 5.25 Å². The molecule has 0 radical (unpaired) electrons. The van der Waals surface area contributed by atoms with Crippen molar-refractivity contribution in [2.24, 2.45) is 0 Å². The second-order valence-corrected chi connectivity index (χ2v) is 8.50. The highest BCUT2D eigenvalue weighted by atomic mass is 32.2. The minimum atomic E-state index is -0.0874. The van der Waals surface area contributed by atoms with Gasteiger partial charge in [0.25, 0.3) is 0 Å². The SMILES string of the molecule is CC(Sc1nccn1C1CC1)C(=O)N1CCN(Cc2ccccc2)CC1. The molecule has 138 valence electrons. The van der Waals surface area contributed by atoms with E-state index in [0.29, 0.717) is 6.04 Å². The maximum atomic E-state index is 12.8. The van der Waals surface area contributed by atoms with E-state index < -0.39 is 0 Å². The molecule has 26 heavy (non-hydrogen) atoms. The van der Waals surface area contributed by atoms with Crippen LogP contribution in [0.4, 0.5) is 0 Å². The van der Waals surface area contributed by atoms with Crippen LogP contribution in [-0.2, 0) is 11.3 Å². The first-order chi connectivity index (χ1) is 12.7. The number of hydrogen-bond donors (Lipinski definition) is 0. The van der Waals surface area contributed by atoms with E-state index in [-0.39, 0.29) is 11.2 Å². The van der Waals surface area contributed by atoms with Gasteiger partial charge >= 0.3 is 0 Å². The van der Waals surface area contributed by atoms with Gasteiger partial charge in [-0.15, -0.1) is 0 Å². The molecule has 4 rings (SSSR count). The van der Waals surface area contributed by atoms with Crippen molar-refractivity contribution in [3.05, 3.63) is 48.3 Å². The van der Waals surface area contributed by atoms with E-state index in [0.717, 1.165) is 37.9 Å². The maximum absolute atomic E-state index is 12.8. The van der Waals surface area contributed by atoms with E-state index in [1.165, 1.54) is 18.4 Å². The summed E-state index contributed by atoms with van der Waals surface area (Å²) in [5.74, 6) is 0.236. The molecular weight excluding hydrogens is 344 g/mol. The molecule has 1 aromatic heterocycles. The Hall–Kier alpha value is -1.79. The number of carbonyl (C=O) groups excluding carboxylic acids is 1. The maximum Gasteiger partial charge on any atom is 0.235 e. The first-order valence-corrected chi connectivity index (χ1v) is 10.3. The average Bonchev–Trinajstić information content (AvgIpc) is 3.42. The summed E-state index contributed by atoms with van der Waals surface area (Å²) in [5, 5.41) is 0.895. The second-order valence-electron chi connectivity index (χ2n) is 7.20. The molecule has 0 spiro atoms. The lowest BCUT2D eigenvalue weighted by Crippen LogP contribution is -2.50. The number of hydrogen-bond acceptors (Lipinski definition) is 4. The Morgan fingerprint density at radius 3 is 2.62 bits per heavy atom. The van der Waals surface area contributed by atoms with Crippen molar-refractivity contribution >= 4 is 17.7 Å². The van der Waals surface area contributed by atoms with Crippen molar-refractivity contribution in [2.75, 3.05) is 26.2 Å². The van der Waals surface area contributed by atoms with Crippen LogP contribution in [0, 0.1) is 0 Å². The standard InChI is InChI=1S/C20H26N4OS/c1-16(26-20-21-9-10-24(20)18-7-8-18)19(25)23-13-11-22(12-14-23)15-17-5-3-2-4-6-17/h2-6,9-10,16,18H,7-8,11-15H2,1H3. The van der Waals surface area contributed by atoms with Crippen molar-refractivity contribution in [1.82, 2.24) is 19.4 Å². The summed E-state index contributed by atoms with van der Waals surface area (Å²) in [4.78, 5) is 21.7. The van der Waals surface area contributed by atoms with Crippen molar-refractivity contribution in [3.63, 3.8) is 0 Å². The largest absolute Gasteiger partial charge is 0.339 e. The minimum Gasteiger partial charge on any atom is -0.339 e. The first-order valence-electron chi connectivity index (χ1n) is 9.45. The lowest BCUT2D eigenvalue weighted by molar-refractivity contribution is -0.132. The summed E-state index contributed by atoms with van der Waals surface area (Å²) in [6.45, 7) is 6.48. The van der Waals surface area contributed by atoms with Crippen LogP contribution in [-0.4, -0.2) is 56.7 Å². The van der Waals surface area contributed by atoms with Crippen LogP contribution in [0.2, 0.25) is 0 Å². The number of aromatic nitrogens is 2. The van der Waals surface area contributed by atoms with Gasteiger partial charge in [-0.1, -0.05) is 42.1 Å². The summed E-state index contributed by atoms with van der Waals surface area (Å²) in [6, 6.07) is 11.1. The van der Waals surface area contributed by atoms with Crippen LogP contribution in [0.5, 0.6) is 0 Å². The highest BCUT2D eigenvalue weighted by Gasteiger charge is 2.29. The lowest BCUT2D eigenvalue weighted by atomic mass is 10.2. The van der Waals surface area contributed by atoms with Crippen LogP contribution >= 0.6 is 11.8 Å². The number of benzene rings is 1. The van der Waals surface area contributed by atoms with Gasteiger partial charge in [0.1, 0.15) is 0 Å². The molecule has 1 saturated heterocycles. The van der Waals surface area contributed by atoms with E-state index in [9.17, 15) is 4.79 Å². The zero-order valence-electron chi connectivity index (χ0n) is 15.3. The summed E-state index contributed by atoms with van der Waals surface area (Å²) in [7, 11) is 0. The molecular formula is C20H26N4OS. The first kappa shape index (κ1) is 17.6. The Morgan fingerprint density at radius 2 is 1.92 bits per heavy atom. The van der Waals surface area contributed by atoms with Gasteiger partial charge in [-0.05, 0) is 25.3 Å². The molecule has 1 atom stereocenters. The molecule has 1 amide bonds. The van der Waals surface area contributed by atoms with E-state index in [2.05, 4.69) is 38.7 Å². The molecule has 5 nitrogen and oxygen atoms in total. The molecule has 2 aliphatic rings. The number of thioether (sulfide) groups is 1. The number of amides is 1. The van der Waals surface area contributed by atoms with Gasteiger partial charge in [0, 0.05) is 51.2 Å². The molecule has 2 aromatic rings. The number of nitrogens with zero attached hydrogens (tertiary/aromatic N) is 4. The number of imidazole rings is 1. The smallest absolute Gasteiger partial charge is 0.235 e. The van der Waals surface area contributed by atoms with Gasteiger partial charge in [0.15, 0.2) is 5.16 Å². The zero-order valence-corrected chi connectivity index (χ0v) is 16.1. The summed E-state index contributed by atoms with van der Waals surface area (Å²) in [5.41, 5.74) is 1.34.